The topological polar surface area (TPSA) is 78.1 Å². The Labute approximate surface area is 160 Å². The van der Waals surface area contributed by atoms with Crippen LogP contribution in [0.2, 0.25) is 0 Å². The van der Waals surface area contributed by atoms with Gasteiger partial charge < -0.3 is 10.2 Å². The van der Waals surface area contributed by atoms with E-state index >= 15 is 0 Å². The van der Waals surface area contributed by atoms with E-state index in [2.05, 4.69) is 15.3 Å². The Morgan fingerprint density at radius 1 is 1.18 bits per heavy atom. The summed E-state index contributed by atoms with van der Waals surface area (Å²) in [4.78, 5) is 32.3. The van der Waals surface area contributed by atoms with E-state index in [4.69, 9.17) is 0 Å². The number of nitrogens with zero attached hydrogens (tertiary/aromatic N) is 2. The molecule has 1 amide bonds. The number of anilines is 1. The number of alkyl halides is 3. The van der Waals surface area contributed by atoms with Crippen LogP contribution in [0.1, 0.15) is 48.4 Å². The third kappa shape index (κ3) is 4.52. The van der Waals surface area contributed by atoms with Crippen LogP contribution in [0.15, 0.2) is 35.1 Å². The minimum atomic E-state index is -4.37. The number of hydrogen-bond acceptors (Lipinski definition) is 4. The molecule has 0 spiro atoms. The van der Waals surface area contributed by atoms with Crippen molar-refractivity contribution in [2.75, 3.05) is 19.0 Å². The zero-order valence-corrected chi connectivity index (χ0v) is 16.3. The van der Waals surface area contributed by atoms with Gasteiger partial charge in [0.1, 0.15) is 5.69 Å². The Balaban J connectivity index is 2.18. The van der Waals surface area contributed by atoms with E-state index in [1.807, 2.05) is 0 Å². The summed E-state index contributed by atoms with van der Waals surface area (Å²) in [6.07, 6.45) is -4.37. The minimum absolute atomic E-state index is 0.0471. The summed E-state index contributed by atoms with van der Waals surface area (Å²) in [7, 11) is 3.35. The molecule has 28 heavy (non-hydrogen) atoms. The maximum atomic E-state index is 13.2. The summed E-state index contributed by atoms with van der Waals surface area (Å²) < 4.78 is 39.5. The van der Waals surface area contributed by atoms with Gasteiger partial charge in [-0.25, -0.2) is 4.98 Å². The molecule has 0 aliphatic rings. The summed E-state index contributed by atoms with van der Waals surface area (Å²) >= 11 is 0. The van der Waals surface area contributed by atoms with Crippen LogP contribution in [0, 0.1) is 0 Å². The number of halogens is 3. The van der Waals surface area contributed by atoms with Gasteiger partial charge >= 0.3 is 6.18 Å². The smallest absolute Gasteiger partial charge is 0.348 e. The summed E-state index contributed by atoms with van der Waals surface area (Å²) in [6.45, 7) is 3.93. The van der Waals surface area contributed by atoms with Crippen molar-refractivity contribution in [3.63, 3.8) is 0 Å². The van der Waals surface area contributed by atoms with Gasteiger partial charge in [0.05, 0.1) is 11.5 Å². The molecule has 0 bridgehead atoms. The lowest BCUT2D eigenvalue weighted by atomic mass is 9.83. The van der Waals surface area contributed by atoms with Gasteiger partial charge in [-0.1, -0.05) is 24.3 Å². The monoisotopic (exact) mass is 396 g/mol. The number of rotatable bonds is 5. The Bertz CT molecular complexity index is 903. The third-order valence-electron chi connectivity index (χ3n) is 4.57. The maximum Gasteiger partial charge on any atom is 0.397 e. The van der Waals surface area contributed by atoms with Gasteiger partial charge in [-0.2, -0.15) is 13.2 Å². The van der Waals surface area contributed by atoms with Gasteiger partial charge in [0, 0.05) is 20.2 Å². The van der Waals surface area contributed by atoms with Gasteiger partial charge in [0.15, 0.2) is 0 Å². The van der Waals surface area contributed by atoms with Crippen LogP contribution in [0.25, 0.3) is 0 Å². The number of aromatic amines is 1. The van der Waals surface area contributed by atoms with Crippen molar-refractivity contribution in [2.45, 2.75) is 38.4 Å². The fourth-order valence-electron chi connectivity index (χ4n) is 2.48. The SMILES string of the molecule is C[C@H](NC(=O)c1cc(=O)[nH]c(N(C)C)n1)c1ccc(C(C)(C)C(F)(F)F)cc1. The van der Waals surface area contributed by atoms with Crippen LogP contribution in [0.4, 0.5) is 19.1 Å². The number of aromatic nitrogens is 2. The van der Waals surface area contributed by atoms with E-state index in [-0.39, 0.29) is 17.2 Å². The van der Waals surface area contributed by atoms with Crippen LogP contribution >= 0.6 is 0 Å². The second kappa shape index (κ2) is 7.65. The molecule has 0 aliphatic heterocycles. The lowest BCUT2D eigenvalue weighted by Crippen LogP contribution is -2.36. The first kappa shape index (κ1) is 21.5. The number of carbonyl (C=O) groups is 1. The molecule has 9 heteroatoms. The van der Waals surface area contributed by atoms with Crippen LogP contribution in [-0.4, -0.2) is 36.1 Å². The van der Waals surface area contributed by atoms with Crippen LogP contribution in [0.3, 0.4) is 0 Å². The zero-order valence-electron chi connectivity index (χ0n) is 16.3. The first-order valence-corrected chi connectivity index (χ1v) is 8.59. The van der Waals surface area contributed by atoms with Crippen molar-refractivity contribution >= 4 is 11.9 Å². The van der Waals surface area contributed by atoms with Crippen molar-refractivity contribution in [1.82, 2.24) is 15.3 Å². The number of benzene rings is 1. The van der Waals surface area contributed by atoms with Gasteiger partial charge in [-0.3, -0.25) is 14.6 Å². The Morgan fingerprint density at radius 3 is 2.25 bits per heavy atom. The maximum absolute atomic E-state index is 13.2. The standard InChI is InChI=1S/C19H23F3N4O2/c1-11(12-6-8-13(9-7-12)18(2,3)19(20,21)22)23-16(28)14-10-15(27)25-17(24-14)26(4)5/h6-11H,1-5H3,(H,23,28)(H,24,25,27)/t11-/m0/s1. The van der Waals surface area contributed by atoms with Gasteiger partial charge in [-0.05, 0) is 31.9 Å². The highest BCUT2D eigenvalue weighted by Gasteiger charge is 2.48. The number of nitrogens with one attached hydrogen (secondary N) is 2. The van der Waals surface area contributed by atoms with Gasteiger partial charge in [-0.15, -0.1) is 0 Å². The third-order valence-corrected chi connectivity index (χ3v) is 4.57. The fourth-order valence-corrected chi connectivity index (χ4v) is 2.48. The predicted molar refractivity (Wildman–Crippen MR) is 101 cm³/mol. The van der Waals surface area contributed by atoms with E-state index in [1.165, 1.54) is 12.1 Å². The quantitative estimate of drug-likeness (QED) is 0.814. The number of hydrogen-bond donors (Lipinski definition) is 2. The average molecular weight is 396 g/mol. The molecule has 1 heterocycles. The highest BCUT2D eigenvalue weighted by atomic mass is 19.4. The minimum Gasteiger partial charge on any atom is -0.348 e. The van der Waals surface area contributed by atoms with E-state index in [0.717, 1.165) is 19.9 Å². The number of H-pyrrole nitrogens is 1. The highest BCUT2D eigenvalue weighted by molar-refractivity contribution is 5.92. The van der Waals surface area contributed by atoms with Crippen LogP contribution in [0.5, 0.6) is 0 Å². The largest absolute Gasteiger partial charge is 0.397 e. The summed E-state index contributed by atoms with van der Waals surface area (Å²) in [6, 6.07) is 6.50. The molecular formula is C19H23F3N4O2. The van der Waals surface area contributed by atoms with Crippen molar-refractivity contribution in [2.24, 2.45) is 0 Å². The lowest BCUT2D eigenvalue weighted by Gasteiger charge is -2.28. The molecule has 1 aromatic carbocycles. The van der Waals surface area contributed by atoms with Gasteiger partial charge in [0.2, 0.25) is 5.95 Å². The highest BCUT2D eigenvalue weighted by Crippen LogP contribution is 2.40. The first-order valence-electron chi connectivity index (χ1n) is 8.59. The van der Waals surface area contributed by atoms with Crippen molar-refractivity contribution in [3.05, 3.63) is 57.5 Å². The van der Waals surface area contributed by atoms with Gasteiger partial charge in [0.25, 0.3) is 11.5 Å². The molecule has 0 unspecified atom stereocenters. The van der Waals surface area contributed by atoms with E-state index in [1.54, 1.807) is 38.1 Å². The summed E-state index contributed by atoms with van der Waals surface area (Å²) in [5.74, 6) is -0.314. The van der Waals surface area contributed by atoms with Crippen LogP contribution in [-0.2, 0) is 5.41 Å². The molecule has 0 fully saturated rings. The molecule has 0 saturated carbocycles. The van der Waals surface area contributed by atoms with Crippen LogP contribution < -0.4 is 15.8 Å². The van der Waals surface area contributed by atoms with Crippen molar-refractivity contribution in [1.29, 1.82) is 0 Å². The number of amides is 1. The molecule has 2 N–H and O–H groups in total. The molecule has 1 aromatic heterocycles. The Morgan fingerprint density at radius 2 is 1.75 bits per heavy atom. The molecule has 6 nitrogen and oxygen atoms in total. The second-order valence-electron chi connectivity index (χ2n) is 7.29. The average Bonchev–Trinajstić information content (AvgIpc) is 2.60. The van der Waals surface area contributed by atoms with Crippen molar-refractivity contribution in [3.8, 4) is 0 Å². The molecule has 0 radical (unpaired) electrons. The van der Waals surface area contributed by atoms with E-state index in [0.29, 0.717) is 5.56 Å². The molecule has 0 aliphatic carbocycles. The number of carbonyl (C=O) groups excluding carboxylic acids is 1. The molecule has 1 atom stereocenters. The summed E-state index contributed by atoms with van der Waals surface area (Å²) in [5.41, 5.74) is -1.72. The lowest BCUT2D eigenvalue weighted by molar-refractivity contribution is -0.180. The molecular weight excluding hydrogens is 373 g/mol. The molecule has 2 rings (SSSR count). The second-order valence-corrected chi connectivity index (χ2v) is 7.29. The normalized spacial score (nSPS) is 13.1. The predicted octanol–water partition coefficient (Wildman–Crippen LogP) is 3.17. The Kier molecular flexibility index (Phi) is 5.86. The first-order chi connectivity index (χ1) is 12.8. The molecule has 2 aromatic rings. The fraction of sp³-hybridized carbons (Fsp3) is 0.421. The zero-order chi connectivity index (χ0) is 21.3. The van der Waals surface area contributed by atoms with Crippen molar-refractivity contribution < 1.29 is 18.0 Å². The molecule has 0 saturated heterocycles. The van der Waals surface area contributed by atoms with E-state index in [9.17, 15) is 22.8 Å². The van der Waals surface area contributed by atoms with E-state index < -0.39 is 29.1 Å². The molecule has 152 valence electrons. The summed E-state index contributed by atoms with van der Waals surface area (Å²) in [5, 5.41) is 2.70. The Hall–Kier alpha value is -2.84.